The van der Waals surface area contributed by atoms with Gasteiger partial charge >= 0.3 is 12.0 Å². The molecule has 2 aromatic carbocycles. The highest BCUT2D eigenvalue weighted by atomic mass is 79.9. The van der Waals surface area contributed by atoms with E-state index in [0.717, 1.165) is 4.90 Å². The first-order valence-electron chi connectivity index (χ1n) is 9.31. The number of halogens is 2. The van der Waals surface area contributed by atoms with Crippen LogP contribution in [-0.2, 0) is 14.8 Å². The largest absolute Gasteiger partial charge is 0.504 e. The highest BCUT2D eigenvalue weighted by molar-refractivity contribution is 9.10. The molecule has 0 saturated heterocycles. The molecule has 10 nitrogen and oxygen atoms in total. The van der Waals surface area contributed by atoms with E-state index in [4.69, 9.17) is 28.2 Å². The molecule has 13 heteroatoms. The molecule has 32 heavy (non-hydrogen) atoms. The number of amides is 2. The van der Waals surface area contributed by atoms with Crippen molar-refractivity contribution in [2.24, 2.45) is 11.5 Å². The highest BCUT2D eigenvalue weighted by Gasteiger charge is 2.29. The maximum Gasteiger partial charge on any atom is 0.324 e. The lowest BCUT2D eigenvalue weighted by molar-refractivity contribution is -0.138. The standard InChI is InChI=1S/C19H22BrClN4O6S/c20-11-5-1-2-7-14(11)25(19(23)29)15-9-8-12(21)17(16(15)26)32(30,31)24-10-4-3-6-13(22)18(27)28/h1-2,5,7-9,13,24,26H,3-4,6,10,22H2,(H2,23,29)(H,27,28). The number of benzene rings is 2. The molecule has 0 fully saturated rings. The normalized spacial score (nSPS) is 12.3. The zero-order chi connectivity index (χ0) is 24.1. The molecule has 2 aromatic rings. The van der Waals surface area contributed by atoms with Gasteiger partial charge in [0.1, 0.15) is 10.9 Å². The van der Waals surface area contributed by atoms with E-state index < -0.39 is 38.7 Å². The van der Waals surface area contributed by atoms with Crippen LogP contribution in [0.2, 0.25) is 5.02 Å². The number of nitrogens with one attached hydrogen (secondary N) is 1. The predicted molar refractivity (Wildman–Crippen MR) is 124 cm³/mol. The number of unbranched alkanes of at least 4 members (excludes halogenated alkanes) is 1. The second-order valence-electron chi connectivity index (χ2n) is 6.71. The number of carboxylic acid groups (broad SMARTS) is 1. The quantitative estimate of drug-likeness (QED) is 0.283. The molecule has 0 aromatic heterocycles. The lowest BCUT2D eigenvalue weighted by Crippen LogP contribution is -2.32. The fraction of sp³-hybridized carbons (Fsp3) is 0.263. The Bertz CT molecular complexity index is 1110. The molecule has 2 rings (SSSR count). The number of anilines is 2. The lowest BCUT2D eigenvalue weighted by Gasteiger charge is -2.24. The van der Waals surface area contributed by atoms with Crippen LogP contribution in [0.3, 0.4) is 0 Å². The number of nitrogens with two attached hydrogens (primary N) is 2. The molecule has 1 atom stereocenters. The molecule has 0 aliphatic rings. The van der Waals surface area contributed by atoms with Crippen molar-refractivity contribution in [3.05, 3.63) is 45.9 Å². The van der Waals surface area contributed by atoms with E-state index in [1.54, 1.807) is 24.3 Å². The average Bonchev–Trinajstić information content (AvgIpc) is 2.70. The van der Waals surface area contributed by atoms with Crippen molar-refractivity contribution in [3.8, 4) is 5.75 Å². The Hall–Kier alpha value is -2.38. The summed E-state index contributed by atoms with van der Waals surface area (Å²) < 4.78 is 28.4. The minimum absolute atomic E-state index is 0.0432. The van der Waals surface area contributed by atoms with Gasteiger partial charge in [0.2, 0.25) is 10.0 Å². The summed E-state index contributed by atoms with van der Waals surface area (Å²) in [4.78, 5) is 23.2. The van der Waals surface area contributed by atoms with Crippen LogP contribution in [0.4, 0.5) is 16.2 Å². The van der Waals surface area contributed by atoms with Gasteiger partial charge in [0.05, 0.1) is 16.4 Å². The zero-order valence-electron chi connectivity index (χ0n) is 16.7. The molecular weight excluding hydrogens is 528 g/mol. The lowest BCUT2D eigenvalue weighted by atomic mass is 10.1. The molecule has 1 unspecified atom stereocenters. The number of urea groups is 1. The fourth-order valence-electron chi connectivity index (χ4n) is 2.86. The number of carbonyl (C=O) groups excluding carboxylic acids is 1. The van der Waals surface area contributed by atoms with Crippen molar-refractivity contribution in [1.82, 2.24) is 4.72 Å². The fourth-order valence-corrected chi connectivity index (χ4v) is 5.02. The molecule has 0 saturated carbocycles. The minimum Gasteiger partial charge on any atom is -0.504 e. The predicted octanol–water partition coefficient (Wildman–Crippen LogP) is 2.89. The number of carboxylic acids is 1. The maximum atomic E-state index is 12.8. The van der Waals surface area contributed by atoms with E-state index >= 15 is 0 Å². The second kappa shape index (κ2) is 11.0. The van der Waals surface area contributed by atoms with Gasteiger partial charge in [-0.15, -0.1) is 0 Å². The molecule has 174 valence electrons. The Morgan fingerprint density at radius 1 is 1.16 bits per heavy atom. The Kier molecular flexibility index (Phi) is 8.87. The smallest absolute Gasteiger partial charge is 0.324 e. The van der Waals surface area contributed by atoms with Crippen LogP contribution in [0, 0.1) is 0 Å². The first kappa shape index (κ1) is 25.9. The number of primary amides is 1. The summed E-state index contributed by atoms with van der Waals surface area (Å²) in [5.74, 6) is -1.89. The summed E-state index contributed by atoms with van der Waals surface area (Å²) in [5.41, 5.74) is 11.0. The van der Waals surface area contributed by atoms with Gasteiger partial charge in [0, 0.05) is 11.0 Å². The number of hydrogen-bond donors (Lipinski definition) is 5. The second-order valence-corrected chi connectivity index (χ2v) is 9.67. The number of aliphatic carboxylic acids is 1. The van der Waals surface area contributed by atoms with Gasteiger partial charge in [-0.1, -0.05) is 30.2 Å². The molecule has 0 spiro atoms. The first-order valence-corrected chi connectivity index (χ1v) is 12.0. The van der Waals surface area contributed by atoms with Gasteiger partial charge in [0.25, 0.3) is 0 Å². The van der Waals surface area contributed by atoms with Crippen molar-refractivity contribution in [1.29, 1.82) is 0 Å². The number of phenols is 1. The van der Waals surface area contributed by atoms with Crippen LogP contribution < -0.4 is 21.1 Å². The number of rotatable bonds is 10. The van der Waals surface area contributed by atoms with E-state index in [1.165, 1.54) is 12.1 Å². The molecule has 0 radical (unpaired) electrons. The van der Waals surface area contributed by atoms with Gasteiger partial charge in [-0.2, -0.15) is 0 Å². The van der Waals surface area contributed by atoms with E-state index in [0.29, 0.717) is 17.3 Å². The monoisotopic (exact) mass is 548 g/mol. The Morgan fingerprint density at radius 3 is 2.41 bits per heavy atom. The summed E-state index contributed by atoms with van der Waals surface area (Å²) in [6.07, 6.45) is 0.855. The van der Waals surface area contributed by atoms with Crippen LogP contribution in [0.5, 0.6) is 5.75 Å². The Labute approximate surface area is 198 Å². The van der Waals surface area contributed by atoms with Gasteiger partial charge in [-0.25, -0.2) is 17.9 Å². The molecule has 0 aliphatic heterocycles. The first-order chi connectivity index (χ1) is 15.0. The van der Waals surface area contributed by atoms with Crippen molar-refractivity contribution in [2.75, 3.05) is 11.4 Å². The van der Waals surface area contributed by atoms with E-state index in [-0.39, 0.29) is 29.4 Å². The van der Waals surface area contributed by atoms with Gasteiger partial charge in [-0.3, -0.25) is 9.69 Å². The highest BCUT2D eigenvalue weighted by Crippen LogP contribution is 2.42. The molecule has 0 heterocycles. The Morgan fingerprint density at radius 2 is 1.81 bits per heavy atom. The Balaban J connectivity index is 2.31. The van der Waals surface area contributed by atoms with Crippen molar-refractivity contribution >= 4 is 60.9 Å². The van der Waals surface area contributed by atoms with E-state index in [2.05, 4.69) is 20.7 Å². The van der Waals surface area contributed by atoms with Crippen molar-refractivity contribution in [3.63, 3.8) is 0 Å². The minimum atomic E-state index is -4.28. The number of phenolic OH excluding ortho intramolecular Hbond substituents is 1. The van der Waals surface area contributed by atoms with Crippen LogP contribution in [0.25, 0.3) is 0 Å². The molecular formula is C19H22BrClN4O6S. The van der Waals surface area contributed by atoms with E-state index in [9.17, 15) is 23.1 Å². The number of hydrogen-bond acceptors (Lipinski definition) is 6. The van der Waals surface area contributed by atoms with Crippen LogP contribution in [-0.4, -0.2) is 43.2 Å². The van der Waals surface area contributed by atoms with Crippen LogP contribution in [0.1, 0.15) is 19.3 Å². The number of para-hydroxylation sites is 1. The third-order valence-electron chi connectivity index (χ3n) is 4.44. The number of sulfonamides is 1. The summed E-state index contributed by atoms with van der Waals surface area (Å²) >= 11 is 9.35. The van der Waals surface area contributed by atoms with Crippen molar-refractivity contribution in [2.45, 2.75) is 30.2 Å². The maximum absolute atomic E-state index is 12.8. The average molecular weight is 550 g/mol. The number of carbonyl (C=O) groups is 2. The summed E-state index contributed by atoms with van der Waals surface area (Å²) in [6, 6.07) is 7.05. The molecule has 0 aliphatic carbocycles. The van der Waals surface area contributed by atoms with Crippen molar-refractivity contribution < 1.29 is 28.2 Å². The van der Waals surface area contributed by atoms with Gasteiger partial charge < -0.3 is 21.7 Å². The van der Waals surface area contributed by atoms with Crippen LogP contribution >= 0.6 is 27.5 Å². The van der Waals surface area contributed by atoms with Gasteiger partial charge in [-0.05, 0) is 53.0 Å². The molecule has 2 amide bonds. The topological polar surface area (TPSA) is 176 Å². The molecule has 7 N–H and O–H groups in total. The summed E-state index contributed by atoms with van der Waals surface area (Å²) in [5, 5.41) is 19.3. The number of aromatic hydroxyl groups is 1. The third kappa shape index (κ3) is 6.11. The number of nitrogens with zero attached hydrogens (tertiary/aromatic N) is 1. The molecule has 0 bridgehead atoms. The summed E-state index contributed by atoms with van der Waals surface area (Å²) in [7, 11) is -4.28. The van der Waals surface area contributed by atoms with Gasteiger partial charge in [0.15, 0.2) is 5.75 Å². The van der Waals surface area contributed by atoms with Crippen LogP contribution in [0.15, 0.2) is 45.8 Å². The SMILES string of the molecule is NC(=O)N(c1ccccc1Br)c1ccc(Cl)c(S(=O)(=O)NCCCCC(N)C(=O)O)c1O. The van der Waals surface area contributed by atoms with E-state index in [1.807, 2.05) is 0 Å². The zero-order valence-corrected chi connectivity index (χ0v) is 19.8. The summed E-state index contributed by atoms with van der Waals surface area (Å²) in [6.45, 7) is -0.0432. The third-order valence-corrected chi connectivity index (χ3v) is 7.07.